The number of hydrogen-bond donors (Lipinski definition) is 2. The molecule has 0 saturated carbocycles. The van der Waals surface area contributed by atoms with Crippen LogP contribution in [0.3, 0.4) is 0 Å². The second kappa shape index (κ2) is 5.71. The van der Waals surface area contributed by atoms with Gasteiger partial charge in [-0.05, 0) is 36.8 Å². The van der Waals surface area contributed by atoms with Crippen molar-refractivity contribution in [2.75, 3.05) is 12.4 Å². The minimum atomic E-state index is 0.370. The molecule has 0 radical (unpaired) electrons. The van der Waals surface area contributed by atoms with Gasteiger partial charge in [0.2, 0.25) is 0 Å². The van der Waals surface area contributed by atoms with E-state index in [4.69, 9.17) is 22.7 Å². The van der Waals surface area contributed by atoms with Gasteiger partial charge in [0.15, 0.2) is 0 Å². The quantitative estimate of drug-likeness (QED) is 0.838. The molecule has 0 aliphatic carbocycles. The highest BCUT2D eigenvalue weighted by molar-refractivity contribution is 7.80. The minimum Gasteiger partial charge on any atom is -0.495 e. The molecule has 2 aromatic rings. The standard InChI is InChI=1S/C15H16N2OS/c1-10-7-8-14(18-2)13(9-10)17-12-6-4-3-5-11(12)15(16)19/h3-9,17H,1-2H3,(H2,16,19). The van der Waals surface area contributed by atoms with Crippen LogP contribution in [0.4, 0.5) is 11.4 Å². The fourth-order valence-corrected chi connectivity index (χ4v) is 2.05. The van der Waals surface area contributed by atoms with Gasteiger partial charge < -0.3 is 15.8 Å². The maximum absolute atomic E-state index is 5.73. The van der Waals surface area contributed by atoms with E-state index in [-0.39, 0.29) is 0 Å². The van der Waals surface area contributed by atoms with Gasteiger partial charge >= 0.3 is 0 Å². The minimum absolute atomic E-state index is 0.370. The van der Waals surface area contributed by atoms with E-state index in [0.29, 0.717) is 4.99 Å². The molecule has 3 nitrogen and oxygen atoms in total. The van der Waals surface area contributed by atoms with E-state index in [1.165, 1.54) is 0 Å². The number of benzene rings is 2. The molecule has 0 aliphatic heterocycles. The number of para-hydroxylation sites is 1. The maximum atomic E-state index is 5.73. The first-order chi connectivity index (χ1) is 9.11. The third-order valence-electron chi connectivity index (χ3n) is 2.82. The molecule has 3 N–H and O–H groups in total. The molecule has 0 bridgehead atoms. The SMILES string of the molecule is COc1ccc(C)cc1Nc1ccccc1C(N)=S. The highest BCUT2D eigenvalue weighted by atomic mass is 32.1. The number of hydrogen-bond acceptors (Lipinski definition) is 3. The van der Waals surface area contributed by atoms with Gasteiger partial charge in [0.25, 0.3) is 0 Å². The summed E-state index contributed by atoms with van der Waals surface area (Å²) in [6, 6.07) is 13.6. The van der Waals surface area contributed by atoms with Gasteiger partial charge in [0.1, 0.15) is 10.7 Å². The van der Waals surface area contributed by atoms with Crippen molar-refractivity contribution in [3.63, 3.8) is 0 Å². The van der Waals surface area contributed by atoms with E-state index in [9.17, 15) is 0 Å². The molecule has 0 heterocycles. The molecule has 0 unspecified atom stereocenters. The summed E-state index contributed by atoms with van der Waals surface area (Å²) in [7, 11) is 1.65. The summed E-state index contributed by atoms with van der Waals surface area (Å²) in [4.78, 5) is 0.370. The molecule has 0 atom stereocenters. The number of nitrogens with two attached hydrogens (primary N) is 1. The van der Waals surface area contributed by atoms with Gasteiger partial charge in [-0.1, -0.05) is 30.4 Å². The third kappa shape index (κ3) is 3.03. The Hall–Kier alpha value is -2.07. The third-order valence-corrected chi connectivity index (χ3v) is 3.04. The lowest BCUT2D eigenvalue weighted by atomic mass is 10.1. The van der Waals surface area contributed by atoms with Crippen molar-refractivity contribution in [2.24, 2.45) is 5.73 Å². The van der Waals surface area contributed by atoms with Gasteiger partial charge in [-0.15, -0.1) is 0 Å². The van der Waals surface area contributed by atoms with Crippen molar-refractivity contribution in [2.45, 2.75) is 6.92 Å². The van der Waals surface area contributed by atoms with Gasteiger partial charge in [0.05, 0.1) is 12.8 Å². The zero-order valence-corrected chi connectivity index (χ0v) is 11.8. The molecule has 2 rings (SSSR count). The molecule has 0 fully saturated rings. The van der Waals surface area contributed by atoms with Crippen LogP contribution in [0.2, 0.25) is 0 Å². The summed E-state index contributed by atoms with van der Waals surface area (Å²) in [6.07, 6.45) is 0. The number of aryl methyl sites for hydroxylation is 1. The molecule has 0 aliphatic rings. The molecule has 0 aromatic heterocycles. The first-order valence-corrected chi connectivity index (χ1v) is 6.33. The molecular formula is C15H16N2OS. The number of methoxy groups -OCH3 is 1. The van der Waals surface area contributed by atoms with Crippen LogP contribution in [-0.2, 0) is 0 Å². The van der Waals surface area contributed by atoms with Crippen molar-refractivity contribution in [1.29, 1.82) is 0 Å². The molecule has 19 heavy (non-hydrogen) atoms. The first-order valence-electron chi connectivity index (χ1n) is 5.92. The lowest BCUT2D eigenvalue weighted by molar-refractivity contribution is 0.416. The molecule has 0 spiro atoms. The predicted octanol–water partition coefficient (Wildman–Crippen LogP) is 3.38. The molecule has 98 valence electrons. The summed E-state index contributed by atoms with van der Waals surface area (Å²) in [5.41, 5.74) is 9.47. The van der Waals surface area contributed by atoms with Crippen molar-refractivity contribution < 1.29 is 4.74 Å². The Labute approximate surface area is 118 Å². The number of ether oxygens (including phenoxy) is 1. The largest absolute Gasteiger partial charge is 0.495 e. The summed E-state index contributed by atoms with van der Waals surface area (Å²) in [5.74, 6) is 0.781. The Balaban J connectivity index is 2.41. The van der Waals surface area contributed by atoms with Gasteiger partial charge in [0, 0.05) is 11.3 Å². The van der Waals surface area contributed by atoms with Gasteiger partial charge in [-0.3, -0.25) is 0 Å². The van der Waals surface area contributed by atoms with Crippen LogP contribution >= 0.6 is 12.2 Å². The van der Waals surface area contributed by atoms with Crippen molar-refractivity contribution in [3.8, 4) is 5.75 Å². The van der Waals surface area contributed by atoms with Crippen LogP contribution in [0.25, 0.3) is 0 Å². The van der Waals surface area contributed by atoms with Crippen LogP contribution in [0.1, 0.15) is 11.1 Å². The van der Waals surface area contributed by atoms with Crippen molar-refractivity contribution in [1.82, 2.24) is 0 Å². The van der Waals surface area contributed by atoms with E-state index in [2.05, 4.69) is 5.32 Å². The van der Waals surface area contributed by atoms with E-state index >= 15 is 0 Å². The van der Waals surface area contributed by atoms with Crippen LogP contribution < -0.4 is 15.8 Å². The Bertz CT molecular complexity index is 611. The molecule has 4 heteroatoms. The van der Waals surface area contributed by atoms with Gasteiger partial charge in [-0.2, -0.15) is 0 Å². The van der Waals surface area contributed by atoms with E-state index in [1.54, 1.807) is 7.11 Å². The molecule has 0 amide bonds. The summed E-state index contributed by atoms with van der Waals surface area (Å²) < 4.78 is 5.35. The van der Waals surface area contributed by atoms with Crippen molar-refractivity contribution in [3.05, 3.63) is 53.6 Å². The van der Waals surface area contributed by atoms with Crippen LogP contribution in [0, 0.1) is 6.92 Å². The number of thiocarbonyl (C=S) groups is 1. The Morgan fingerprint density at radius 1 is 1.16 bits per heavy atom. The first kappa shape index (κ1) is 13.4. The Morgan fingerprint density at radius 2 is 1.89 bits per heavy atom. The topological polar surface area (TPSA) is 47.3 Å². The lowest BCUT2D eigenvalue weighted by Gasteiger charge is -2.14. The second-order valence-electron chi connectivity index (χ2n) is 4.24. The van der Waals surface area contributed by atoms with Crippen LogP contribution in [0.15, 0.2) is 42.5 Å². The molecule has 0 saturated heterocycles. The second-order valence-corrected chi connectivity index (χ2v) is 4.68. The average Bonchev–Trinajstić information content (AvgIpc) is 2.39. The average molecular weight is 272 g/mol. The molecular weight excluding hydrogens is 256 g/mol. The monoisotopic (exact) mass is 272 g/mol. The zero-order valence-electron chi connectivity index (χ0n) is 10.9. The summed E-state index contributed by atoms with van der Waals surface area (Å²) in [6.45, 7) is 2.03. The Kier molecular flexibility index (Phi) is 4.02. The van der Waals surface area contributed by atoms with E-state index in [1.807, 2.05) is 49.4 Å². The fourth-order valence-electron chi connectivity index (χ4n) is 1.87. The van der Waals surface area contributed by atoms with Crippen LogP contribution in [0.5, 0.6) is 5.75 Å². The van der Waals surface area contributed by atoms with E-state index < -0.39 is 0 Å². The summed E-state index contributed by atoms with van der Waals surface area (Å²) in [5, 5.41) is 3.32. The number of anilines is 2. The molecule has 2 aromatic carbocycles. The fraction of sp³-hybridized carbons (Fsp3) is 0.133. The highest BCUT2D eigenvalue weighted by Gasteiger charge is 2.08. The van der Waals surface area contributed by atoms with Gasteiger partial charge in [-0.25, -0.2) is 0 Å². The lowest BCUT2D eigenvalue weighted by Crippen LogP contribution is -2.11. The predicted molar refractivity (Wildman–Crippen MR) is 83.3 cm³/mol. The van der Waals surface area contributed by atoms with E-state index in [0.717, 1.165) is 28.3 Å². The Morgan fingerprint density at radius 3 is 2.58 bits per heavy atom. The van der Waals surface area contributed by atoms with Crippen molar-refractivity contribution >= 4 is 28.6 Å². The normalized spacial score (nSPS) is 10.0. The smallest absolute Gasteiger partial charge is 0.142 e. The highest BCUT2D eigenvalue weighted by Crippen LogP contribution is 2.29. The summed E-state index contributed by atoms with van der Waals surface area (Å²) >= 11 is 5.06. The maximum Gasteiger partial charge on any atom is 0.142 e. The number of rotatable bonds is 4. The van der Waals surface area contributed by atoms with Crippen LogP contribution in [-0.4, -0.2) is 12.1 Å². The zero-order chi connectivity index (χ0) is 13.8. The number of nitrogens with one attached hydrogen (secondary N) is 1.